The number of unbranched alkanes of at least 4 members (excludes halogenated alkanes) is 1. The first kappa shape index (κ1) is 13.8. The highest BCUT2D eigenvalue weighted by atomic mass is 16.6. The molecule has 86 valence electrons. The molecular formula is C12H20O3. The predicted octanol–water partition coefficient (Wildman–Crippen LogP) is 2.83. The van der Waals surface area contributed by atoms with Gasteiger partial charge in [-0.2, -0.15) is 0 Å². The zero-order valence-electron chi connectivity index (χ0n) is 9.79. The fourth-order valence-corrected chi connectivity index (χ4v) is 0.978. The van der Waals surface area contributed by atoms with Gasteiger partial charge in [-0.1, -0.05) is 32.4 Å². The van der Waals surface area contributed by atoms with Crippen molar-refractivity contribution in [3.8, 4) is 0 Å². The van der Waals surface area contributed by atoms with Crippen LogP contribution in [0.2, 0.25) is 0 Å². The monoisotopic (exact) mass is 212 g/mol. The summed E-state index contributed by atoms with van der Waals surface area (Å²) in [6.07, 6.45) is 8.58. The third-order valence-corrected chi connectivity index (χ3v) is 1.73. The standard InChI is InChI=1S/C12H20O3/c1-4-6-7-8-10-15-11(9-5-2)12(13)14-3/h7-9H,4-6,10H2,1-3H3/b8-7+,11-9-. The molecule has 0 atom stereocenters. The van der Waals surface area contributed by atoms with E-state index in [-0.39, 0.29) is 0 Å². The smallest absolute Gasteiger partial charge is 0.372 e. The minimum absolute atomic E-state index is 0.293. The summed E-state index contributed by atoms with van der Waals surface area (Å²) < 4.78 is 9.87. The van der Waals surface area contributed by atoms with Gasteiger partial charge in [0.25, 0.3) is 0 Å². The minimum Gasteiger partial charge on any atom is -0.483 e. The first-order chi connectivity index (χ1) is 7.26. The van der Waals surface area contributed by atoms with Crippen molar-refractivity contribution >= 4 is 5.97 Å². The van der Waals surface area contributed by atoms with Crippen LogP contribution >= 0.6 is 0 Å². The molecular weight excluding hydrogens is 192 g/mol. The van der Waals surface area contributed by atoms with Gasteiger partial charge in [-0.05, 0) is 18.9 Å². The Morgan fingerprint density at radius 2 is 2.00 bits per heavy atom. The number of allylic oxidation sites excluding steroid dienone is 2. The molecule has 15 heavy (non-hydrogen) atoms. The lowest BCUT2D eigenvalue weighted by Crippen LogP contribution is -2.08. The van der Waals surface area contributed by atoms with E-state index in [2.05, 4.69) is 11.7 Å². The van der Waals surface area contributed by atoms with Crippen LogP contribution in [0.1, 0.15) is 33.1 Å². The van der Waals surface area contributed by atoms with Crippen molar-refractivity contribution < 1.29 is 14.3 Å². The largest absolute Gasteiger partial charge is 0.483 e. The average Bonchev–Trinajstić information content (AvgIpc) is 2.26. The molecule has 0 rings (SSSR count). The number of hydrogen-bond acceptors (Lipinski definition) is 3. The van der Waals surface area contributed by atoms with Gasteiger partial charge >= 0.3 is 5.97 Å². The first-order valence-electron chi connectivity index (χ1n) is 5.32. The molecule has 0 fully saturated rings. The third-order valence-electron chi connectivity index (χ3n) is 1.73. The molecule has 0 heterocycles. The Labute approximate surface area is 91.8 Å². The molecule has 0 amide bonds. The molecule has 0 spiro atoms. The van der Waals surface area contributed by atoms with Gasteiger partial charge in [-0.25, -0.2) is 4.79 Å². The zero-order valence-corrected chi connectivity index (χ0v) is 9.79. The zero-order chi connectivity index (χ0) is 11.5. The molecule has 0 aromatic heterocycles. The Hall–Kier alpha value is -1.25. The van der Waals surface area contributed by atoms with Gasteiger partial charge < -0.3 is 9.47 Å². The molecule has 0 aliphatic heterocycles. The topological polar surface area (TPSA) is 35.5 Å². The first-order valence-corrected chi connectivity index (χ1v) is 5.32. The second-order valence-corrected chi connectivity index (χ2v) is 3.04. The SMILES string of the molecule is CC/C=C(\OC/C=C/CCC)C(=O)OC. The summed E-state index contributed by atoms with van der Waals surface area (Å²) >= 11 is 0. The summed E-state index contributed by atoms with van der Waals surface area (Å²) in [6, 6.07) is 0. The fraction of sp³-hybridized carbons (Fsp3) is 0.583. The Bertz CT molecular complexity index is 229. The van der Waals surface area contributed by atoms with Crippen molar-refractivity contribution in [2.45, 2.75) is 33.1 Å². The van der Waals surface area contributed by atoms with Crippen molar-refractivity contribution in [2.24, 2.45) is 0 Å². The Morgan fingerprint density at radius 3 is 2.53 bits per heavy atom. The van der Waals surface area contributed by atoms with Gasteiger partial charge in [0.1, 0.15) is 6.61 Å². The number of carbonyl (C=O) groups excluding carboxylic acids is 1. The van der Waals surface area contributed by atoms with Crippen molar-refractivity contribution in [1.29, 1.82) is 0 Å². The molecule has 3 heteroatoms. The molecule has 0 radical (unpaired) electrons. The summed E-state index contributed by atoms with van der Waals surface area (Å²) in [5, 5.41) is 0. The molecule has 0 bridgehead atoms. The van der Waals surface area contributed by atoms with Crippen LogP contribution in [0.3, 0.4) is 0 Å². The van der Waals surface area contributed by atoms with Crippen LogP contribution < -0.4 is 0 Å². The second kappa shape index (κ2) is 9.31. The van der Waals surface area contributed by atoms with Gasteiger partial charge in [-0.15, -0.1) is 0 Å². The highest BCUT2D eigenvalue weighted by Crippen LogP contribution is 2.02. The highest BCUT2D eigenvalue weighted by Gasteiger charge is 2.08. The van der Waals surface area contributed by atoms with E-state index in [4.69, 9.17) is 4.74 Å². The number of methoxy groups -OCH3 is 1. The van der Waals surface area contributed by atoms with Gasteiger partial charge in [0.2, 0.25) is 5.76 Å². The Morgan fingerprint density at radius 1 is 1.27 bits per heavy atom. The van der Waals surface area contributed by atoms with Crippen LogP contribution in [0.15, 0.2) is 24.0 Å². The molecule has 0 aromatic rings. The van der Waals surface area contributed by atoms with E-state index in [1.807, 2.05) is 19.1 Å². The molecule has 0 aliphatic carbocycles. The maximum absolute atomic E-state index is 11.2. The van der Waals surface area contributed by atoms with Crippen LogP contribution in [-0.4, -0.2) is 19.7 Å². The lowest BCUT2D eigenvalue weighted by molar-refractivity contribution is -0.139. The molecule has 0 saturated carbocycles. The van der Waals surface area contributed by atoms with E-state index in [0.29, 0.717) is 12.4 Å². The molecule has 0 aromatic carbocycles. The van der Waals surface area contributed by atoms with Crippen molar-refractivity contribution in [1.82, 2.24) is 0 Å². The van der Waals surface area contributed by atoms with E-state index in [9.17, 15) is 4.79 Å². The second-order valence-electron chi connectivity index (χ2n) is 3.04. The van der Waals surface area contributed by atoms with Crippen LogP contribution in [0.25, 0.3) is 0 Å². The fourth-order valence-electron chi connectivity index (χ4n) is 0.978. The maximum Gasteiger partial charge on any atom is 0.372 e. The predicted molar refractivity (Wildman–Crippen MR) is 60.4 cm³/mol. The minimum atomic E-state index is -0.416. The van der Waals surface area contributed by atoms with E-state index in [1.165, 1.54) is 7.11 Å². The molecule has 0 saturated heterocycles. The van der Waals surface area contributed by atoms with Crippen LogP contribution in [0.5, 0.6) is 0 Å². The highest BCUT2D eigenvalue weighted by molar-refractivity contribution is 5.86. The van der Waals surface area contributed by atoms with E-state index in [0.717, 1.165) is 19.3 Å². The summed E-state index contributed by atoms with van der Waals surface area (Å²) in [5.41, 5.74) is 0. The van der Waals surface area contributed by atoms with Crippen molar-refractivity contribution in [3.63, 3.8) is 0 Å². The molecule has 3 nitrogen and oxygen atoms in total. The van der Waals surface area contributed by atoms with Crippen LogP contribution in [0, 0.1) is 0 Å². The number of esters is 1. The van der Waals surface area contributed by atoms with E-state index in [1.54, 1.807) is 6.08 Å². The lowest BCUT2D eigenvalue weighted by Gasteiger charge is -2.05. The van der Waals surface area contributed by atoms with Crippen LogP contribution in [0.4, 0.5) is 0 Å². The number of hydrogen-bond donors (Lipinski definition) is 0. The maximum atomic E-state index is 11.2. The summed E-state index contributed by atoms with van der Waals surface area (Å²) in [4.78, 5) is 11.2. The van der Waals surface area contributed by atoms with Gasteiger partial charge in [0, 0.05) is 0 Å². The van der Waals surface area contributed by atoms with Gasteiger partial charge in [0.15, 0.2) is 0 Å². The van der Waals surface area contributed by atoms with Crippen molar-refractivity contribution in [2.75, 3.05) is 13.7 Å². The summed E-state index contributed by atoms with van der Waals surface area (Å²) in [6.45, 7) is 4.47. The number of carbonyl (C=O) groups is 1. The normalized spacial score (nSPS) is 11.8. The molecule has 0 N–H and O–H groups in total. The number of rotatable bonds is 7. The third kappa shape index (κ3) is 6.77. The van der Waals surface area contributed by atoms with Crippen molar-refractivity contribution in [3.05, 3.63) is 24.0 Å². The van der Waals surface area contributed by atoms with Crippen LogP contribution in [-0.2, 0) is 14.3 Å². The summed E-state index contributed by atoms with van der Waals surface area (Å²) in [7, 11) is 1.35. The Balaban J connectivity index is 3.98. The number of ether oxygens (including phenoxy) is 2. The quantitative estimate of drug-likeness (QED) is 0.282. The van der Waals surface area contributed by atoms with E-state index >= 15 is 0 Å². The van der Waals surface area contributed by atoms with Gasteiger partial charge in [0.05, 0.1) is 7.11 Å². The Kier molecular flexibility index (Phi) is 8.53. The van der Waals surface area contributed by atoms with Gasteiger partial charge in [-0.3, -0.25) is 0 Å². The molecule has 0 unspecified atom stereocenters. The average molecular weight is 212 g/mol. The molecule has 0 aliphatic rings. The summed E-state index contributed by atoms with van der Waals surface area (Å²) in [5.74, 6) is -0.123. The van der Waals surface area contributed by atoms with E-state index < -0.39 is 5.97 Å². The lowest BCUT2D eigenvalue weighted by atomic mass is 10.3.